The van der Waals surface area contributed by atoms with Gasteiger partial charge in [0.05, 0.1) is 12.9 Å². The van der Waals surface area contributed by atoms with Crippen molar-refractivity contribution in [2.45, 2.75) is 39.3 Å². The second-order valence-electron chi connectivity index (χ2n) is 5.81. The van der Waals surface area contributed by atoms with E-state index in [0.717, 1.165) is 38.3 Å². The Balaban J connectivity index is 1.50. The predicted octanol–water partition coefficient (Wildman–Crippen LogP) is 0.507. The molecule has 3 heterocycles. The number of rotatable bonds is 5. The highest BCUT2D eigenvalue weighted by molar-refractivity contribution is 5.76. The fourth-order valence-corrected chi connectivity index (χ4v) is 2.95. The van der Waals surface area contributed by atoms with Crippen molar-refractivity contribution in [1.82, 2.24) is 34.7 Å². The zero-order valence-electron chi connectivity index (χ0n) is 12.8. The summed E-state index contributed by atoms with van der Waals surface area (Å²) in [6.07, 6.45) is 8.27. The first-order valence-corrected chi connectivity index (χ1v) is 7.68. The standard InChI is InChI=1S/C14H21N7O/c1-12-16-17-18-21(12)7-4-14(22)20-6-2-3-13(10-20)9-19-8-5-15-11-19/h5,8,11,13H,2-4,6-7,9-10H2,1H3. The Morgan fingerprint density at radius 1 is 1.45 bits per heavy atom. The van der Waals surface area contributed by atoms with Gasteiger partial charge in [-0.15, -0.1) is 5.10 Å². The monoisotopic (exact) mass is 303 g/mol. The molecule has 0 bridgehead atoms. The third-order valence-corrected chi connectivity index (χ3v) is 4.15. The summed E-state index contributed by atoms with van der Waals surface area (Å²) in [6, 6.07) is 0. The lowest BCUT2D eigenvalue weighted by molar-refractivity contribution is -0.133. The number of likely N-dealkylation sites (tertiary alicyclic amines) is 1. The number of amides is 1. The maximum Gasteiger partial charge on any atom is 0.224 e. The molecule has 1 aliphatic heterocycles. The number of aryl methyl sites for hydroxylation is 2. The Kier molecular flexibility index (Phi) is 4.45. The summed E-state index contributed by atoms with van der Waals surface area (Å²) in [7, 11) is 0. The van der Waals surface area contributed by atoms with Gasteiger partial charge in [0.25, 0.3) is 0 Å². The molecule has 0 radical (unpaired) electrons. The van der Waals surface area contributed by atoms with Gasteiger partial charge in [-0.05, 0) is 36.1 Å². The minimum absolute atomic E-state index is 0.185. The number of hydrogen-bond donors (Lipinski definition) is 0. The summed E-state index contributed by atoms with van der Waals surface area (Å²) in [5.74, 6) is 1.43. The van der Waals surface area contributed by atoms with Crippen LogP contribution in [0, 0.1) is 12.8 Å². The Labute approximate surface area is 129 Å². The van der Waals surface area contributed by atoms with Crippen LogP contribution in [0.1, 0.15) is 25.1 Å². The van der Waals surface area contributed by atoms with Crippen LogP contribution in [0.2, 0.25) is 0 Å². The average molecular weight is 303 g/mol. The van der Waals surface area contributed by atoms with Gasteiger partial charge >= 0.3 is 0 Å². The highest BCUT2D eigenvalue weighted by Gasteiger charge is 2.23. The minimum Gasteiger partial charge on any atom is -0.342 e. The molecule has 0 aliphatic carbocycles. The Bertz CT molecular complexity index is 606. The summed E-state index contributed by atoms with van der Waals surface area (Å²) in [5, 5.41) is 11.3. The summed E-state index contributed by atoms with van der Waals surface area (Å²) >= 11 is 0. The van der Waals surface area contributed by atoms with Gasteiger partial charge < -0.3 is 9.47 Å². The van der Waals surface area contributed by atoms with Crippen LogP contribution in [-0.4, -0.2) is 53.7 Å². The summed E-state index contributed by atoms with van der Waals surface area (Å²) in [6.45, 7) is 4.99. The molecule has 1 amide bonds. The molecule has 22 heavy (non-hydrogen) atoms. The van der Waals surface area contributed by atoms with E-state index in [1.165, 1.54) is 0 Å². The van der Waals surface area contributed by atoms with Crippen molar-refractivity contribution in [2.24, 2.45) is 5.92 Å². The lowest BCUT2D eigenvalue weighted by atomic mass is 9.97. The Hall–Kier alpha value is -2.25. The molecule has 0 N–H and O–H groups in total. The first-order valence-electron chi connectivity index (χ1n) is 7.68. The molecular weight excluding hydrogens is 282 g/mol. The van der Waals surface area contributed by atoms with Crippen LogP contribution in [0.25, 0.3) is 0 Å². The first-order chi connectivity index (χ1) is 10.7. The highest BCUT2D eigenvalue weighted by Crippen LogP contribution is 2.19. The molecule has 8 nitrogen and oxygen atoms in total. The van der Waals surface area contributed by atoms with Gasteiger partial charge in [-0.25, -0.2) is 9.67 Å². The van der Waals surface area contributed by atoms with Crippen LogP contribution < -0.4 is 0 Å². The van der Waals surface area contributed by atoms with Gasteiger partial charge in [0.2, 0.25) is 5.91 Å². The molecule has 0 aromatic carbocycles. The topological polar surface area (TPSA) is 81.7 Å². The van der Waals surface area contributed by atoms with Crippen LogP contribution >= 0.6 is 0 Å². The van der Waals surface area contributed by atoms with Gasteiger partial charge in [-0.2, -0.15) is 0 Å². The van der Waals surface area contributed by atoms with Crippen LogP contribution in [-0.2, 0) is 17.9 Å². The number of tetrazole rings is 1. The average Bonchev–Trinajstić information content (AvgIpc) is 3.17. The SMILES string of the molecule is Cc1nnnn1CCC(=O)N1CCCC(Cn2ccnc2)C1. The molecule has 2 aromatic heterocycles. The van der Waals surface area contributed by atoms with E-state index in [4.69, 9.17) is 0 Å². The van der Waals surface area contributed by atoms with E-state index in [2.05, 4.69) is 25.1 Å². The second kappa shape index (κ2) is 6.67. The molecule has 0 spiro atoms. The molecule has 1 fully saturated rings. The molecule has 118 valence electrons. The number of carbonyl (C=O) groups is 1. The van der Waals surface area contributed by atoms with Crippen LogP contribution in [0.15, 0.2) is 18.7 Å². The Morgan fingerprint density at radius 2 is 2.36 bits per heavy atom. The van der Waals surface area contributed by atoms with Gasteiger partial charge in [0.1, 0.15) is 5.82 Å². The van der Waals surface area contributed by atoms with Gasteiger partial charge in [-0.3, -0.25) is 4.79 Å². The number of imidazole rings is 1. The third-order valence-electron chi connectivity index (χ3n) is 4.15. The van der Waals surface area contributed by atoms with Crippen LogP contribution in [0.3, 0.4) is 0 Å². The molecule has 2 aromatic rings. The number of hydrogen-bond acceptors (Lipinski definition) is 5. The fraction of sp³-hybridized carbons (Fsp3) is 0.643. The van der Waals surface area contributed by atoms with E-state index in [1.807, 2.05) is 24.3 Å². The lowest BCUT2D eigenvalue weighted by Crippen LogP contribution is -2.41. The summed E-state index contributed by atoms with van der Waals surface area (Å²) in [4.78, 5) is 18.4. The zero-order chi connectivity index (χ0) is 15.4. The summed E-state index contributed by atoms with van der Waals surface area (Å²) in [5.41, 5.74) is 0. The van der Waals surface area contributed by atoms with Crippen LogP contribution in [0.5, 0.6) is 0 Å². The number of aromatic nitrogens is 6. The number of carbonyl (C=O) groups excluding carboxylic acids is 1. The van der Waals surface area contributed by atoms with Crippen molar-refractivity contribution in [3.8, 4) is 0 Å². The Morgan fingerprint density at radius 3 is 3.09 bits per heavy atom. The molecule has 1 saturated heterocycles. The van der Waals surface area contributed by atoms with Crippen LogP contribution in [0.4, 0.5) is 0 Å². The molecule has 8 heteroatoms. The van der Waals surface area contributed by atoms with E-state index >= 15 is 0 Å². The zero-order valence-corrected chi connectivity index (χ0v) is 12.8. The van der Waals surface area contributed by atoms with Gasteiger partial charge in [0.15, 0.2) is 0 Å². The normalized spacial score (nSPS) is 18.6. The molecular formula is C14H21N7O. The molecule has 3 rings (SSSR count). The highest BCUT2D eigenvalue weighted by atomic mass is 16.2. The molecule has 0 saturated carbocycles. The minimum atomic E-state index is 0.185. The molecule has 1 atom stereocenters. The van der Waals surface area contributed by atoms with Crippen molar-refractivity contribution in [3.05, 3.63) is 24.5 Å². The van der Waals surface area contributed by atoms with E-state index in [0.29, 0.717) is 18.9 Å². The summed E-state index contributed by atoms with van der Waals surface area (Å²) < 4.78 is 3.76. The van der Waals surface area contributed by atoms with Crippen molar-refractivity contribution >= 4 is 5.91 Å². The van der Waals surface area contributed by atoms with Crippen molar-refractivity contribution < 1.29 is 4.79 Å². The number of piperidine rings is 1. The van der Waals surface area contributed by atoms with E-state index in [1.54, 1.807) is 10.9 Å². The second-order valence-corrected chi connectivity index (χ2v) is 5.81. The smallest absolute Gasteiger partial charge is 0.224 e. The van der Waals surface area contributed by atoms with E-state index < -0.39 is 0 Å². The van der Waals surface area contributed by atoms with Gasteiger partial charge in [0, 0.05) is 38.4 Å². The number of nitrogens with zero attached hydrogens (tertiary/aromatic N) is 7. The molecule has 1 aliphatic rings. The fourth-order valence-electron chi connectivity index (χ4n) is 2.95. The third kappa shape index (κ3) is 3.49. The van der Waals surface area contributed by atoms with Crippen molar-refractivity contribution in [1.29, 1.82) is 0 Å². The van der Waals surface area contributed by atoms with E-state index in [-0.39, 0.29) is 5.91 Å². The molecule has 1 unspecified atom stereocenters. The maximum atomic E-state index is 12.4. The predicted molar refractivity (Wildman–Crippen MR) is 78.7 cm³/mol. The van der Waals surface area contributed by atoms with Crippen molar-refractivity contribution in [2.75, 3.05) is 13.1 Å². The lowest BCUT2D eigenvalue weighted by Gasteiger charge is -2.33. The largest absolute Gasteiger partial charge is 0.342 e. The van der Waals surface area contributed by atoms with Crippen molar-refractivity contribution in [3.63, 3.8) is 0 Å². The van der Waals surface area contributed by atoms with E-state index in [9.17, 15) is 4.79 Å². The quantitative estimate of drug-likeness (QED) is 0.803. The first kappa shape index (κ1) is 14.7. The van der Waals surface area contributed by atoms with Gasteiger partial charge in [-0.1, -0.05) is 0 Å². The maximum absolute atomic E-state index is 12.4.